The zero-order valence-electron chi connectivity index (χ0n) is 12.0. The lowest BCUT2D eigenvalue weighted by atomic mass is 10.1. The standard InChI is InChI=1S/C16H28O2/c1-15(17)13-11-9-7-5-3-4-6-8-10-12-14-16(2)18/h3-4H,5-14H2,1-2H3/b4-3+. The Morgan fingerprint density at radius 2 is 1.06 bits per heavy atom. The molecule has 2 heteroatoms. The van der Waals surface area contributed by atoms with Gasteiger partial charge in [-0.15, -0.1) is 0 Å². The summed E-state index contributed by atoms with van der Waals surface area (Å²) < 4.78 is 0. The molecule has 0 unspecified atom stereocenters. The first kappa shape index (κ1) is 17.1. The Morgan fingerprint density at radius 3 is 1.39 bits per heavy atom. The van der Waals surface area contributed by atoms with Gasteiger partial charge in [-0.25, -0.2) is 0 Å². The molecule has 0 radical (unpaired) electrons. The Labute approximate surface area is 112 Å². The highest BCUT2D eigenvalue weighted by Crippen LogP contribution is 2.07. The van der Waals surface area contributed by atoms with Crippen LogP contribution in [0.4, 0.5) is 0 Å². The average Bonchev–Trinajstić information content (AvgIpc) is 2.29. The number of hydrogen-bond acceptors (Lipinski definition) is 2. The smallest absolute Gasteiger partial charge is 0.129 e. The number of Topliss-reactive ketones (excluding diaryl/α,β-unsaturated/α-hetero) is 2. The van der Waals surface area contributed by atoms with Gasteiger partial charge in [-0.2, -0.15) is 0 Å². The Bertz CT molecular complexity index is 228. The average molecular weight is 252 g/mol. The van der Waals surface area contributed by atoms with Crippen molar-refractivity contribution >= 4 is 11.6 Å². The lowest BCUT2D eigenvalue weighted by Crippen LogP contribution is -1.89. The number of hydrogen-bond donors (Lipinski definition) is 0. The lowest BCUT2D eigenvalue weighted by molar-refractivity contribution is -0.117. The minimum Gasteiger partial charge on any atom is -0.300 e. The summed E-state index contributed by atoms with van der Waals surface area (Å²) in [5, 5.41) is 0. The third-order valence-corrected chi connectivity index (χ3v) is 2.97. The topological polar surface area (TPSA) is 34.1 Å². The number of ketones is 2. The van der Waals surface area contributed by atoms with E-state index in [4.69, 9.17) is 0 Å². The van der Waals surface area contributed by atoms with Crippen LogP contribution in [0.5, 0.6) is 0 Å². The van der Waals surface area contributed by atoms with Crippen molar-refractivity contribution in [3.8, 4) is 0 Å². The second-order valence-corrected chi connectivity index (χ2v) is 5.07. The molecule has 0 saturated heterocycles. The van der Waals surface area contributed by atoms with Crippen molar-refractivity contribution in [2.75, 3.05) is 0 Å². The summed E-state index contributed by atoms with van der Waals surface area (Å²) in [6, 6.07) is 0. The van der Waals surface area contributed by atoms with Crippen molar-refractivity contribution in [3.05, 3.63) is 12.2 Å². The van der Waals surface area contributed by atoms with E-state index in [0.717, 1.165) is 51.4 Å². The lowest BCUT2D eigenvalue weighted by Gasteiger charge is -1.97. The maximum Gasteiger partial charge on any atom is 0.129 e. The van der Waals surface area contributed by atoms with Crippen molar-refractivity contribution in [1.29, 1.82) is 0 Å². The summed E-state index contributed by atoms with van der Waals surface area (Å²) in [5.74, 6) is 0.604. The first-order chi connectivity index (χ1) is 8.63. The van der Waals surface area contributed by atoms with Crippen molar-refractivity contribution in [1.82, 2.24) is 0 Å². The van der Waals surface area contributed by atoms with Crippen LogP contribution in [0.25, 0.3) is 0 Å². The molecule has 0 saturated carbocycles. The van der Waals surface area contributed by atoms with E-state index in [9.17, 15) is 9.59 Å². The van der Waals surface area contributed by atoms with E-state index in [1.165, 1.54) is 12.8 Å². The maximum absolute atomic E-state index is 10.7. The highest BCUT2D eigenvalue weighted by molar-refractivity contribution is 5.75. The van der Waals surface area contributed by atoms with Crippen LogP contribution in [-0.4, -0.2) is 11.6 Å². The number of allylic oxidation sites excluding steroid dienone is 2. The second kappa shape index (κ2) is 12.5. The first-order valence-electron chi connectivity index (χ1n) is 7.27. The second-order valence-electron chi connectivity index (χ2n) is 5.07. The van der Waals surface area contributed by atoms with E-state index in [-0.39, 0.29) is 0 Å². The van der Waals surface area contributed by atoms with Gasteiger partial charge in [0.25, 0.3) is 0 Å². The van der Waals surface area contributed by atoms with Crippen molar-refractivity contribution in [2.45, 2.75) is 78.1 Å². The van der Waals surface area contributed by atoms with Crippen LogP contribution in [0.2, 0.25) is 0 Å². The highest BCUT2D eigenvalue weighted by atomic mass is 16.1. The highest BCUT2D eigenvalue weighted by Gasteiger charge is 1.93. The zero-order chi connectivity index (χ0) is 13.6. The van der Waals surface area contributed by atoms with Gasteiger partial charge in [0.15, 0.2) is 0 Å². The Kier molecular flexibility index (Phi) is 11.9. The molecule has 0 N–H and O–H groups in total. The summed E-state index contributed by atoms with van der Waals surface area (Å²) in [6.45, 7) is 3.32. The van der Waals surface area contributed by atoms with Crippen LogP contribution in [0, 0.1) is 0 Å². The van der Waals surface area contributed by atoms with E-state index in [2.05, 4.69) is 12.2 Å². The van der Waals surface area contributed by atoms with Gasteiger partial charge in [0.1, 0.15) is 11.6 Å². The van der Waals surface area contributed by atoms with Gasteiger partial charge in [0.05, 0.1) is 0 Å². The van der Waals surface area contributed by atoms with E-state index in [0.29, 0.717) is 11.6 Å². The summed E-state index contributed by atoms with van der Waals surface area (Å²) in [4.78, 5) is 21.4. The van der Waals surface area contributed by atoms with E-state index < -0.39 is 0 Å². The predicted molar refractivity (Wildman–Crippen MR) is 76.7 cm³/mol. The molecule has 0 aromatic rings. The quantitative estimate of drug-likeness (QED) is 0.375. The van der Waals surface area contributed by atoms with Crippen molar-refractivity contribution in [2.24, 2.45) is 0 Å². The molecule has 0 fully saturated rings. The molecule has 0 aliphatic rings. The molecule has 0 aliphatic carbocycles. The van der Waals surface area contributed by atoms with E-state index in [1.807, 2.05) is 0 Å². The molecule has 0 spiro atoms. The SMILES string of the molecule is CC(=O)CCCCC/C=C/CCCCCC(C)=O. The van der Waals surface area contributed by atoms with Crippen molar-refractivity contribution in [3.63, 3.8) is 0 Å². The number of unbranched alkanes of at least 4 members (excludes halogenated alkanes) is 6. The van der Waals surface area contributed by atoms with Gasteiger partial charge in [-0.3, -0.25) is 0 Å². The molecule has 0 aliphatic heterocycles. The summed E-state index contributed by atoms with van der Waals surface area (Å²) >= 11 is 0. The van der Waals surface area contributed by atoms with Crippen LogP contribution in [-0.2, 0) is 9.59 Å². The van der Waals surface area contributed by atoms with Gasteiger partial charge in [-0.05, 0) is 52.4 Å². The molecule has 0 aromatic heterocycles. The van der Waals surface area contributed by atoms with Gasteiger partial charge >= 0.3 is 0 Å². The summed E-state index contributed by atoms with van der Waals surface area (Å²) in [6.07, 6.45) is 15.0. The molecular formula is C16H28O2. The molecule has 0 bridgehead atoms. The molecule has 0 aromatic carbocycles. The monoisotopic (exact) mass is 252 g/mol. The minimum atomic E-state index is 0.302. The number of carbonyl (C=O) groups excluding carboxylic acids is 2. The molecule has 18 heavy (non-hydrogen) atoms. The van der Waals surface area contributed by atoms with Gasteiger partial charge < -0.3 is 9.59 Å². The molecule has 2 nitrogen and oxygen atoms in total. The first-order valence-corrected chi connectivity index (χ1v) is 7.27. The van der Waals surface area contributed by atoms with Crippen LogP contribution in [0.15, 0.2) is 12.2 Å². The van der Waals surface area contributed by atoms with Crippen molar-refractivity contribution < 1.29 is 9.59 Å². The number of carbonyl (C=O) groups is 2. The fourth-order valence-electron chi connectivity index (χ4n) is 1.86. The number of rotatable bonds is 12. The summed E-state index contributed by atoms with van der Waals surface area (Å²) in [5.41, 5.74) is 0. The molecular weight excluding hydrogens is 224 g/mol. The molecule has 0 rings (SSSR count). The summed E-state index contributed by atoms with van der Waals surface area (Å²) in [7, 11) is 0. The van der Waals surface area contributed by atoms with Gasteiger partial charge in [0.2, 0.25) is 0 Å². The van der Waals surface area contributed by atoms with Crippen LogP contribution < -0.4 is 0 Å². The normalized spacial score (nSPS) is 11.0. The van der Waals surface area contributed by atoms with E-state index >= 15 is 0 Å². The Hall–Kier alpha value is -0.920. The maximum atomic E-state index is 10.7. The van der Waals surface area contributed by atoms with Gasteiger partial charge in [0, 0.05) is 12.8 Å². The third kappa shape index (κ3) is 15.1. The van der Waals surface area contributed by atoms with E-state index in [1.54, 1.807) is 13.8 Å². The third-order valence-electron chi connectivity index (χ3n) is 2.97. The minimum absolute atomic E-state index is 0.302. The zero-order valence-corrected chi connectivity index (χ0v) is 12.0. The molecule has 0 amide bonds. The largest absolute Gasteiger partial charge is 0.300 e. The van der Waals surface area contributed by atoms with Crippen LogP contribution in [0.3, 0.4) is 0 Å². The van der Waals surface area contributed by atoms with Gasteiger partial charge in [-0.1, -0.05) is 25.0 Å². The predicted octanol–water partition coefficient (Wildman–Crippen LogP) is 4.62. The fraction of sp³-hybridized carbons (Fsp3) is 0.750. The van der Waals surface area contributed by atoms with Crippen LogP contribution >= 0.6 is 0 Å². The molecule has 104 valence electrons. The molecule has 0 atom stereocenters. The Morgan fingerprint density at radius 1 is 0.667 bits per heavy atom. The fourth-order valence-corrected chi connectivity index (χ4v) is 1.86. The molecule has 0 heterocycles. The Balaban J connectivity index is 3.14. The van der Waals surface area contributed by atoms with Crippen LogP contribution in [0.1, 0.15) is 78.1 Å².